The molecule has 0 unspecified atom stereocenters. The van der Waals surface area contributed by atoms with E-state index in [2.05, 4.69) is 10.3 Å². The summed E-state index contributed by atoms with van der Waals surface area (Å²) in [5.41, 5.74) is 5.99. The molecule has 1 saturated carbocycles. The number of pyridine rings is 1. The highest BCUT2D eigenvalue weighted by Gasteiger charge is 2.26. The van der Waals surface area contributed by atoms with Crippen LogP contribution in [0.4, 0.5) is 10.2 Å². The first kappa shape index (κ1) is 22.2. The van der Waals surface area contributed by atoms with Gasteiger partial charge in [0, 0.05) is 12.5 Å². The molecule has 1 amide bonds. The van der Waals surface area contributed by atoms with Gasteiger partial charge in [-0.1, -0.05) is 6.42 Å². The summed E-state index contributed by atoms with van der Waals surface area (Å²) in [5.74, 6) is 1.37. The van der Waals surface area contributed by atoms with Gasteiger partial charge in [-0.2, -0.15) is 0 Å². The summed E-state index contributed by atoms with van der Waals surface area (Å²) in [6.45, 7) is 0. The molecule has 5 nitrogen and oxygen atoms in total. The van der Waals surface area contributed by atoms with E-state index < -0.39 is 0 Å². The van der Waals surface area contributed by atoms with Crippen molar-refractivity contribution in [3.8, 4) is 11.5 Å². The van der Waals surface area contributed by atoms with Crippen molar-refractivity contribution < 1.29 is 13.9 Å². The molecule has 142 valence electrons. The summed E-state index contributed by atoms with van der Waals surface area (Å²) in [5, 5.41) is 2.78. The average molecular weight is 402 g/mol. The molecule has 3 N–H and O–H groups in total. The van der Waals surface area contributed by atoms with Crippen LogP contribution < -0.4 is 15.8 Å². The van der Waals surface area contributed by atoms with E-state index in [-0.39, 0.29) is 48.5 Å². The maximum Gasteiger partial charge on any atom is 0.225 e. The third-order valence-electron chi connectivity index (χ3n) is 4.22. The van der Waals surface area contributed by atoms with E-state index in [1.165, 1.54) is 30.5 Å². The molecular weight excluding hydrogens is 380 g/mol. The Morgan fingerprint density at radius 1 is 1.15 bits per heavy atom. The van der Waals surface area contributed by atoms with E-state index in [1.807, 2.05) is 0 Å². The van der Waals surface area contributed by atoms with Crippen molar-refractivity contribution in [2.75, 3.05) is 5.32 Å². The molecule has 1 aromatic heterocycles. The Balaban J connectivity index is 0.00000169. The minimum Gasteiger partial charge on any atom is -0.456 e. The van der Waals surface area contributed by atoms with Gasteiger partial charge in [-0.25, -0.2) is 9.37 Å². The number of halogens is 3. The number of rotatable bonds is 5. The van der Waals surface area contributed by atoms with E-state index in [4.69, 9.17) is 10.5 Å². The molecule has 8 heteroatoms. The molecule has 0 bridgehead atoms. The van der Waals surface area contributed by atoms with E-state index >= 15 is 0 Å². The topological polar surface area (TPSA) is 77.2 Å². The van der Waals surface area contributed by atoms with Gasteiger partial charge in [-0.15, -0.1) is 24.8 Å². The predicted molar refractivity (Wildman–Crippen MR) is 104 cm³/mol. The van der Waals surface area contributed by atoms with Crippen LogP contribution in [0.1, 0.15) is 25.7 Å². The van der Waals surface area contributed by atoms with Crippen LogP contribution in [0.3, 0.4) is 0 Å². The first-order chi connectivity index (χ1) is 11.6. The first-order valence-corrected chi connectivity index (χ1v) is 8.05. The fraction of sp³-hybridized carbons (Fsp3) is 0.333. The summed E-state index contributed by atoms with van der Waals surface area (Å²) in [6.07, 6.45) is 5.03. The molecule has 1 aliphatic carbocycles. The zero-order valence-corrected chi connectivity index (χ0v) is 15.7. The molecule has 26 heavy (non-hydrogen) atoms. The molecule has 0 radical (unpaired) electrons. The normalized spacial score (nSPS) is 18.4. The van der Waals surface area contributed by atoms with Crippen molar-refractivity contribution in [1.82, 2.24) is 4.98 Å². The largest absolute Gasteiger partial charge is 0.456 e. The number of carbonyl (C=O) groups excluding carboxylic acids is 1. The Bertz CT molecular complexity index is 699. The van der Waals surface area contributed by atoms with Gasteiger partial charge in [0.2, 0.25) is 5.91 Å². The molecule has 0 saturated heterocycles. The molecule has 0 spiro atoms. The number of nitrogens with two attached hydrogens (primary N) is 1. The number of benzene rings is 1. The highest BCUT2D eigenvalue weighted by atomic mass is 35.5. The van der Waals surface area contributed by atoms with Gasteiger partial charge in [-0.05, 0) is 55.2 Å². The maximum absolute atomic E-state index is 12.9. The van der Waals surface area contributed by atoms with Crippen molar-refractivity contribution in [3.63, 3.8) is 0 Å². The van der Waals surface area contributed by atoms with Gasteiger partial charge < -0.3 is 15.8 Å². The van der Waals surface area contributed by atoms with Crippen molar-refractivity contribution in [2.45, 2.75) is 31.7 Å². The van der Waals surface area contributed by atoms with Crippen LogP contribution >= 0.6 is 24.8 Å². The quantitative estimate of drug-likeness (QED) is 0.781. The van der Waals surface area contributed by atoms with E-state index in [0.29, 0.717) is 23.7 Å². The number of carbonyl (C=O) groups is 1. The zero-order valence-electron chi connectivity index (χ0n) is 14.1. The van der Waals surface area contributed by atoms with E-state index in [1.54, 1.807) is 12.1 Å². The lowest BCUT2D eigenvalue weighted by Crippen LogP contribution is -2.28. The second-order valence-corrected chi connectivity index (χ2v) is 6.04. The number of amides is 1. The molecule has 2 aromatic rings. The van der Waals surface area contributed by atoms with Crippen LogP contribution in [0, 0.1) is 11.7 Å². The number of aromatic nitrogens is 1. The highest BCUT2D eigenvalue weighted by Crippen LogP contribution is 2.27. The maximum atomic E-state index is 12.9. The molecular formula is C18H22Cl2FN3O2. The van der Waals surface area contributed by atoms with Crippen molar-refractivity contribution in [3.05, 3.63) is 48.4 Å². The fourth-order valence-electron chi connectivity index (χ4n) is 2.90. The number of anilines is 1. The first-order valence-electron chi connectivity index (χ1n) is 8.05. The molecule has 1 heterocycles. The molecule has 3 rings (SSSR count). The Morgan fingerprint density at radius 2 is 1.85 bits per heavy atom. The van der Waals surface area contributed by atoms with Crippen molar-refractivity contribution >= 4 is 36.5 Å². The second-order valence-electron chi connectivity index (χ2n) is 6.04. The van der Waals surface area contributed by atoms with Crippen molar-refractivity contribution in [1.29, 1.82) is 0 Å². The zero-order chi connectivity index (χ0) is 16.9. The third-order valence-corrected chi connectivity index (χ3v) is 4.22. The Morgan fingerprint density at radius 3 is 2.42 bits per heavy atom. The van der Waals surface area contributed by atoms with Crippen LogP contribution in [0.15, 0.2) is 42.6 Å². The molecule has 1 aromatic carbocycles. The molecule has 2 atom stereocenters. The van der Waals surface area contributed by atoms with Gasteiger partial charge in [0.15, 0.2) is 0 Å². The summed E-state index contributed by atoms with van der Waals surface area (Å²) in [4.78, 5) is 16.2. The Hall–Kier alpha value is -1.89. The summed E-state index contributed by atoms with van der Waals surface area (Å²) >= 11 is 0. The lowest BCUT2D eigenvalue weighted by Gasteiger charge is -2.14. The van der Waals surface area contributed by atoms with Crippen LogP contribution in [0.5, 0.6) is 11.5 Å². The van der Waals surface area contributed by atoms with Gasteiger partial charge in [0.1, 0.15) is 23.1 Å². The highest BCUT2D eigenvalue weighted by molar-refractivity contribution is 5.90. The lowest BCUT2D eigenvalue weighted by atomic mass is 10.00. The van der Waals surface area contributed by atoms with Crippen LogP contribution in [-0.2, 0) is 4.79 Å². The number of nitrogens with one attached hydrogen (secondary N) is 1. The third kappa shape index (κ3) is 6.12. The number of hydrogen-bond acceptors (Lipinski definition) is 4. The van der Waals surface area contributed by atoms with Crippen LogP contribution in [0.25, 0.3) is 0 Å². The standard InChI is InChI=1S/C18H20FN3O2.2ClH/c19-13-4-6-14(7-5-13)24-15-8-9-17(21-11-15)22-18(23)10-12-2-1-3-16(12)20;;/h4-9,11-12,16H,1-3,10,20H2,(H,21,22,23);2*1H/t12-,16+;;/m0../s1. The minimum absolute atomic E-state index is 0. The SMILES string of the molecule is Cl.Cl.N[C@@H]1CCC[C@H]1CC(=O)Nc1ccc(Oc2ccc(F)cc2)cn1. The smallest absolute Gasteiger partial charge is 0.225 e. The van der Waals surface area contributed by atoms with Crippen LogP contribution in [-0.4, -0.2) is 16.9 Å². The van der Waals surface area contributed by atoms with E-state index in [9.17, 15) is 9.18 Å². The van der Waals surface area contributed by atoms with Gasteiger partial charge >= 0.3 is 0 Å². The second kappa shape index (κ2) is 10.3. The van der Waals surface area contributed by atoms with E-state index in [0.717, 1.165) is 19.3 Å². The number of ether oxygens (including phenoxy) is 1. The summed E-state index contributed by atoms with van der Waals surface area (Å²) < 4.78 is 18.4. The van der Waals surface area contributed by atoms with Gasteiger partial charge in [0.25, 0.3) is 0 Å². The van der Waals surface area contributed by atoms with Gasteiger partial charge in [-0.3, -0.25) is 4.79 Å². The molecule has 1 fully saturated rings. The average Bonchev–Trinajstić information content (AvgIpc) is 2.96. The number of hydrogen-bond donors (Lipinski definition) is 2. The predicted octanol–water partition coefficient (Wildman–Crippen LogP) is 4.31. The number of nitrogens with zero attached hydrogens (tertiary/aromatic N) is 1. The minimum atomic E-state index is -0.319. The fourth-order valence-corrected chi connectivity index (χ4v) is 2.90. The van der Waals surface area contributed by atoms with Crippen molar-refractivity contribution in [2.24, 2.45) is 11.7 Å². The lowest BCUT2D eigenvalue weighted by molar-refractivity contribution is -0.117. The monoisotopic (exact) mass is 401 g/mol. The van der Waals surface area contributed by atoms with Crippen LogP contribution in [0.2, 0.25) is 0 Å². The molecule has 1 aliphatic rings. The summed E-state index contributed by atoms with van der Waals surface area (Å²) in [6, 6.07) is 9.22. The molecule has 0 aliphatic heterocycles. The summed E-state index contributed by atoms with van der Waals surface area (Å²) in [7, 11) is 0. The van der Waals surface area contributed by atoms with Gasteiger partial charge in [0.05, 0.1) is 6.20 Å². The Labute approximate surface area is 164 Å². The Kier molecular flexibility index (Phi) is 8.78.